The standard InChI is InChI=1S/C17H19N3O3S/c1-18-17(21)16(20-22-2)13-8-5-4-7-12(13)11-23-14-9-6-10-15(19-14)24-3/h4-10H,11H2,1-3H3,(H,18,21)/b20-16+. The number of thioether (sulfide) groups is 1. The van der Waals surface area contributed by atoms with E-state index < -0.39 is 0 Å². The van der Waals surface area contributed by atoms with Crippen molar-refractivity contribution in [1.29, 1.82) is 0 Å². The topological polar surface area (TPSA) is 72.8 Å². The predicted molar refractivity (Wildman–Crippen MR) is 94.4 cm³/mol. The van der Waals surface area contributed by atoms with Crippen molar-refractivity contribution in [1.82, 2.24) is 10.3 Å². The first-order valence-corrected chi connectivity index (χ1v) is 8.47. The van der Waals surface area contributed by atoms with Gasteiger partial charge in [0.1, 0.15) is 13.7 Å². The number of aromatic nitrogens is 1. The van der Waals surface area contributed by atoms with Gasteiger partial charge in [-0.3, -0.25) is 4.79 Å². The van der Waals surface area contributed by atoms with Gasteiger partial charge in [0.15, 0.2) is 5.71 Å². The molecule has 0 aliphatic heterocycles. The van der Waals surface area contributed by atoms with Crippen LogP contribution in [0.15, 0.2) is 52.6 Å². The first kappa shape index (κ1) is 17.8. The van der Waals surface area contributed by atoms with Gasteiger partial charge in [-0.05, 0) is 17.9 Å². The monoisotopic (exact) mass is 345 g/mol. The van der Waals surface area contributed by atoms with Gasteiger partial charge >= 0.3 is 0 Å². The van der Waals surface area contributed by atoms with Crippen LogP contribution in [-0.2, 0) is 16.2 Å². The Bertz CT molecular complexity index is 735. The van der Waals surface area contributed by atoms with Crippen molar-refractivity contribution in [2.24, 2.45) is 5.16 Å². The van der Waals surface area contributed by atoms with E-state index in [1.165, 1.54) is 7.11 Å². The van der Waals surface area contributed by atoms with Crippen LogP contribution in [0.4, 0.5) is 0 Å². The molecule has 1 aromatic carbocycles. The number of benzene rings is 1. The van der Waals surface area contributed by atoms with E-state index >= 15 is 0 Å². The second kappa shape index (κ2) is 8.93. The number of nitrogens with one attached hydrogen (secondary N) is 1. The summed E-state index contributed by atoms with van der Waals surface area (Å²) < 4.78 is 5.76. The fourth-order valence-electron chi connectivity index (χ4n) is 2.04. The number of likely N-dealkylation sites (N-methyl/N-ethyl adjacent to an activating group) is 1. The fourth-order valence-corrected chi connectivity index (χ4v) is 2.44. The van der Waals surface area contributed by atoms with Crippen LogP contribution in [0.5, 0.6) is 5.88 Å². The van der Waals surface area contributed by atoms with E-state index in [0.29, 0.717) is 11.4 Å². The number of pyridine rings is 1. The molecule has 0 atom stereocenters. The van der Waals surface area contributed by atoms with Gasteiger partial charge < -0.3 is 14.9 Å². The highest BCUT2D eigenvalue weighted by molar-refractivity contribution is 7.98. The van der Waals surface area contributed by atoms with Crippen LogP contribution in [0.2, 0.25) is 0 Å². The van der Waals surface area contributed by atoms with Gasteiger partial charge in [0, 0.05) is 18.7 Å². The van der Waals surface area contributed by atoms with Gasteiger partial charge in [0.25, 0.3) is 5.91 Å². The maximum atomic E-state index is 12.0. The summed E-state index contributed by atoms with van der Waals surface area (Å²) in [6, 6.07) is 13.0. The van der Waals surface area contributed by atoms with Crippen LogP contribution in [0.1, 0.15) is 11.1 Å². The number of hydrogen-bond donors (Lipinski definition) is 1. The van der Waals surface area contributed by atoms with E-state index in [1.807, 2.05) is 36.6 Å². The normalized spacial score (nSPS) is 11.0. The van der Waals surface area contributed by atoms with Crippen molar-refractivity contribution < 1.29 is 14.4 Å². The third-order valence-corrected chi connectivity index (χ3v) is 3.83. The second-order valence-corrected chi connectivity index (χ2v) is 5.49. The first-order valence-electron chi connectivity index (χ1n) is 7.25. The molecule has 1 heterocycles. The first-order chi connectivity index (χ1) is 11.7. The molecular formula is C17H19N3O3S. The predicted octanol–water partition coefficient (Wildman–Crippen LogP) is 2.48. The van der Waals surface area contributed by atoms with E-state index in [-0.39, 0.29) is 18.2 Å². The Kier molecular flexibility index (Phi) is 6.62. The SMILES string of the molecule is CNC(=O)/C(=N/OC)c1ccccc1COc1cccc(SC)n1. The summed E-state index contributed by atoms with van der Waals surface area (Å²) in [5.74, 6) is 0.202. The Balaban J connectivity index is 2.25. The summed E-state index contributed by atoms with van der Waals surface area (Å²) in [6.07, 6.45) is 1.96. The molecule has 0 saturated carbocycles. The number of hydrogen-bond acceptors (Lipinski definition) is 6. The molecule has 0 aliphatic rings. The molecule has 0 fully saturated rings. The number of nitrogens with zero attached hydrogens (tertiary/aromatic N) is 2. The molecule has 1 aromatic heterocycles. The average molecular weight is 345 g/mol. The number of carbonyl (C=O) groups is 1. The summed E-state index contributed by atoms with van der Waals surface area (Å²) in [5.41, 5.74) is 1.66. The van der Waals surface area contributed by atoms with Crippen LogP contribution < -0.4 is 10.1 Å². The van der Waals surface area contributed by atoms with Crippen molar-refractivity contribution in [2.45, 2.75) is 11.6 Å². The van der Waals surface area contributed by atoms with Gasteiger partial charge in [0.2, 0.25) is 5.88 Å². The molecule has 2 aromatic rings. The van der Waals surface area contributed by atoms with Crippen LogP contribution in [0.25, 0.3) is 0 Å². The zero-order chi connectivity index (χ0) is 17.4. The number of oxime groups is 1. The molecule has 7 heteroatoms. The van der Waals surface area contributed by atoms with E-state index in [0.717, 1.165) is 10.6 Å². The van der Waals surface area contributed by atoms with Crippen molar-refractivity contribution in [2.75, 3.05) is 20.4 Å². The highest BCUT2D eigenvalue weighted by Gasteiger charge is 2.17. The zero-order valence-electron chi connectivity index (χ0n) is 13.8. The molecule has 0 spiro atoms. The summed E-state index contributed by atoms with van der Waals surface area (Å²) >= 11 is 1.55. The van der Waals surface area contributed by atoms with Crippen LogP contribution in [-0.4, -0.2) is 37.0 Å². The van der Waals surface area contributed by atoms with Crippen LogP contribution in [0.3, 0.4) is 0 Å². The van der Waals surface area contributed by atoms with Crippen LogP contribution >= 0.6 is 11.8 Å². The third kappa shape index (κ3) is 4.48. The Morgan fingerprint density at radius 2 is 2.04 bits per heavy atom. The van der Waals surface area contributed by atoms with Gasteiger partial charge in [-0.25, -0.2) is 4.98 Å². The Hall–Kier alpha value is -2.54. The average Bonchev–Trinajstić information content (AvgIpc) is 2.64. The maximum absolute atomic E-state index is 12.0. The molecule has 0 saturated heterocycles. The summed E-state index contributed by atoms with van der Waals surface area (Å²) in [4.78, 5) is 21.2. The van der Waals surface area contributed by atoms with E-state index in [9.17, 15) is 4.79 Å². The molecule has 6 nitrogen and oxygen atoms in total. The molecule has 0 aliphatic carbocycles. The minimum absolute atomic E-state index is 0.199. The molecule has 0 radical (unpaired) electrons. The molecule has 1 amide bonds. The number of ether oxygens (including phenoxy) is 1. The van der Waals surface area contributed by atoms with E-state index in [4.69, 9.17) is 9.57 Å². The lowest BCUT2D eigenvalue weighted by Crippen LogP contribution is -2.29. The Labute approximate surface area is 145 Å². The second-order valence-electron chi connectivity index (χ2n) is 4.67. The van der Waals surface area contributed by atoms with Gasteiger partial charge in [-0.1, -0.05) is 35.5 Å². The van der Waals surface area contributed by atoms with Crippen molar-refractivity contribution >= 4 is 23.4 Å². The number of amides is 1. The molecule has 0 unspecified atom stereocenters. The summed E-state index contributed by atoms with van der Waals surface area (Å²) in [5, 5.41) is 7.28. The Morgan fingerprint density at radius 1 is 1.25 bits per heavy atom. The van der Waals surface area contributed by atoms with Gasteiger partial charge in [0.05, 0.1) is 5.03 Å². The molecule has 126 valence electrons. The largest absolute Gasteiger partial charge is 0.473 e. The molecule has 1 N–H and O–H groups in total. The highest BCUT2D eigenvalue weighted by Crippen LogP contribution is 2.18. The molecular weight excluding hydrogens is 326 g/mol. The minimum atomic E-state index is -0.327. The number of rotatable bonds is 7. The lowest BCUT2D eigenvalue weighted by atomic mass is 10.0. The van der Waals surface area contributed by atoms with Crippen molar-refractivity contribution in [3.05, 3.63) is 53.6 Å². The summed E-state index contributed by atoms with van der Waals surface area (Å²) in [6.45, 7) is 0.265. The quantitative estimate of drug-likeness (QED) is 0.474. The Morgan fingerprint density at radius 3 is 2.75 bits per heavy atom. The molecule has 24 heavy (non-hydrogen) atoms. The number of carbonyl (C=O) groups excluding carboxylic acids is 1. The molecule has 2 rings (SSSR count). The third-order valence-electron chi connectivity index (χ3n) is 3.18. The lowest BCUT2D eigenvalue weighted by Gasteiger charge is -2.12. The van der Waals surface area contributed by atoms with E-state index in [2.05, 4.69) is 15.5 Å². The van der Waals surface area contributed by atoms with Gasteiger partial charge in [-0.2, -0.15) is 0 Å². The zero-order valence-corrected chi connectivity index (χ0v) is 14.6. The van der Waals surface area contributed by atoms with Crippen LogP contribution in [0, 0.1) is 0 Å². The smallest absolute Gasteiger partial charge is 0.273 e. The minimum Gasteiger partial charge on any atom is -0.473 e. The van der Waals surface area contributed by atoms with Gasteiger partial charge in [-0.15, -0.1) is 11.8 Å². The maximum Gasteiger partial charge on any atom is 0.273 e. The summed E-state index contributed by atoms with van der Waals surface area (Å²) in [7, 11) is 2.95. The van der Waals surface area contributed by atoms with Crippen molar-refractivity contribution in [3.63, 3.8) is 0 Å². The van der Waals surface area contributed by atoms with E-state index in [1.54, 1.807) is 30.9 Å². The lowest BCUT2D eigenvalue weighted by molar-refractivity contribution is -0.114. The molecule has 0 bridgehead atoms. The highest BCUT2D eigenvalue weighted by atomic mass is 32.2. The fraction of sp³-hybridized carbons (Fsp3) is 0.235. The van der Waals surface area contributed by atoms with Crippen molar-refractivity contribution in [3.8, 4) is 5.88 Å².